The van der Waals surface area contributed by atoms with E-state index in [0.717, 1.165) is 43.5 Å². The van der Waals surface area contributed by atoms with Gasteiger partial charge in [0.1, 0.15) is 5.75 Å². The average molecular weight is 623 g/mol. The third-order valence-corrected chi connectivity index (χ3v) is 8.78. The number of hydrogen-bond acceptors (Lipinski definition) is 6. The Morgan fingerprint density at radius 1 is 1.07 bits per heavy atom. The second-order valence-corrected chi connectivity index (χ2v) is 12.8. The number of hydrogen-bond donors (Lipinski definition) is 2. The number of ether oxygens (including phenoxy) is 1. The Balaban J connectivity index is 1.47. The van der Waals surface area contributed by atoms with E-state index in [1.807, 2.05) is 7.05 Å². The van der Waals surface area contributed by atoms with Crippen LogP contribution in [0.2, 0.25) is 0 Å². The van der Waals surface area contributed by atoms with E-state index < -0.39 is 27.7 Å². The molecule has 2 unspecified atom stereocenters. The summed E-state index contributed by atoms with van der Waals surface area (Å²) in [6.07, 6.45) is -1.80. The highest BCUT2D eigenvalue weighted by molar-refractivity contribution is 7.92. The zero-order chi connectivity index (χ0) is 31.2. The Morgan fingerprint density at radius 2 is 1.81 bits per heavy atom. The van der Waals surface area contributed by atoms with Crippen molar-refractivity contribution < 1.29 is 35.9 Å². The molecule has 0 aliphatic carbocycles. The SMILES string of the molecule is C=CS(=O)(=O)NCC1CCN(C(=O)c2ccc(OCC3CCCN(C)C3)c(C(=O)NCc3ccc(C(F)(F)F)cc3)c2)C1. The normalized spacial score (nSPS) is 19.7. The minimum Gasteiger partial charge on any atom is -0.492 e. The second kappa shape index (κ2) is 13.9. The zero-order valence-electron chi connectivity index (χ0n) is 24.0. The molecular formula is C30H37F3N4O5S. The number of carbonyl (C=O) groups is 2. The van der Waals surface area contributed by atoms with E-state index in [1.54, 1.807) is 17.0 Å². The van der Waals surface area contributed by atoms with Crippen LogP contribution in [0.15, 0.2) is 54.5 Å². The standard InChI is InChI=1S/C30H37F3N4O5S/c1-3-43(40,41)35-17-22-12-14-37(19-22)29(39)24-8-11-27(42-20-23-5-4-13-36(2)18-23)26(15-24)28(38)34-16-21-6-9-25(10-7-21)30(31,32)33/h3,6-11,15,22-23,35H,1,4-5,12-14,16-20H2,2H3,(H,34,38). The molecule has 2 aromatic rings. The highest BCUT2D eigenvalue weighted by Gasteiger charge is 2.30. The van der Waals surface area contributed by atoms with Gasteiger partial charge in [0.2, 0.25) is 10.0 Å². The molecule has 2 saturated heterocycles. The first-order valence-corrected chi connectivity index (χ1v) is 15.7. The van der Waals surface area contributed by atoms with Crippen molar-refractivity contribution in [2.75, 3.05) is 46.4 Å². The third kappa shape index (κ3) is 9.04. The van der Waals surface area contributed by atoms with Gasteiger partial charge in [-0.15, -0.1) is 0 Å². The molecular weight excluding hydrogens is 585 g/mol. The molecule has 4 rings (SSSR count). The smallest absolute Gasteiger partial charge is 0.416 e. The fourth-order valence-electron chi connectivity index (χ4n) is 5.33. The van der Waals surface area contributed by atoms with Crippen LogP contribution < -0.4 is 14.8 Å². The number of nitrogens with one attached hydrogen (secondary N) is 2. The highest BCUT2D eigenvalue weighted by atomic mass is 32.2. The van der Waals surface area contributed by atoms with Crippen molar-refractivity contribution in [3.63, 3.8) is 0 Å². The van der Waals surface area contributed by atoms with Crippen molar-refractivity contribution in [2.45, 2.75) is 32.0 Å². The van der Waals surface area contributed by atoms with Gasteiger partial charge in [-0.1, -0.05) is 18.7 Å². The maximum Gasteiger partial charge on any atom is 0.416 e. The molecule has 2 aliphatic rings. The van der Waals surface area contributed by atoms with Gasteiger partial charge in [-0.25, -0.2) is 13.1 Å². The van der Waals surface area contributed by atoms with E-state index in [0.29, 0.717) is 37.4 Å². The van der Waals surface area contributed by atoms with Gasteiger partial charge in [0.05, 0.1) is 17.7 Å². The largest absolute Gasteiger partial charge is 0.492 e. The van der Waals surface area contributed by atoms with Crippen LogP contribution in [-0.4, -0.2) is 76.4 Å². The van der Waals surface area contributed by atoms with E-state index in [1.165, 1.54) is 18.2 Å². The molecule has 2 aromatic carbocycles. The van der Waals surface area contributed by atoms with E-state index in [4.69, 9.17) is 4.74 Å². The molecule has 0 spiro atoms. The van der Waals surface area contributed by atoms with Gasteiger partial charge in [-0.2, -0.15) is 13.2 Å². The number of amides is 2. The molecule has 9 nitrogen and oxygen atoms in total. The predicted octanol–water partition coefficient (Wildman–Crippen LogP) is 3.88. The van der Waals surface area contributed by atoms with Crippen LogP contribution in [0.25, 0.3) is 0 Å². The first-order chi connectivity index (χ1) is 20.3. The lowest BCUT2D eigenvalue weighted by atomic mass is 9.99. The maximum atomic E-state index is 13.4. The first kappa shape index (κ1) is 32.5. The number of sulfonamides is 1. The third-order valence-electron chi connectivity index (χ3n) is 7.77. The summed E-state index contributed by atoms with van der Waals surface area (Å²) in [7, 11) is -1.52. The summed E-state index contributed by atoms with van der Waals surface area (Å²) in [4.78, 5) is 30.6. The number of alkyl halides is 3. The Kier molecular flexibility index (Phi) is 10.5. The monoisotopic (exact) mass is 622 g/mol. The summed E-state index contributed by atoms with van der Waals surface area (Å²) in [5.74, 6) is -0.299. The molecule has 0 radical (unpaired) electrons. The van der Waals surface area contributed by atoms with Gasteiger partial charge >= 0.3 is 6.18 Å². The Labute approximate surface area is 250 Å². The van der Waals surface area contributed by atoms with Crippen molar-refractivity contribution in [1.29, 1.82) is 0 Å². The predicted molar refractivity (Wildman–Crippen MR) is 156 cm³/mol. The van der Waals surface area contributed by atoms with Crippen molar-refractivity contribution in [1.82, 2.24) is 19.8 Å². The Bertz CT molecular complexity index is 1420. The maximum absolute atomic E-state index is 13.4. The summed E-state index contributed by atoms with van der Waals surface area (Å²) in [5.41, 5.74) is 0.129. The fraction of sp³-hybridized carbons (Fsp3) is 0.467. The molecule has 0 saturated carbocycles. The number of rotatable bonds is 11. The van der Waals surface area contributed by atoms with E-state index in [2.05, 4.69) is 21.5 Å². The lowest BCUT2D eigenvalue weighted by molar-refractivity contribution is -0.137. The molecule has 2 heterocycles. The quantitative estimate of drug-likeness (QED) is 0.394. The van der Waals surface area contributed by atoms with Gasteiger partial charge in [-0.3, -0.25) is 9.59 Å². The van der Waals surface area contributed by atoms with Crippen molar-refractivity contribution in [3.05, 3.63) is 76.7 Å². The minimum atomic E-state index is -4.46. The Hall–Kier alpha value is -3.42. The van der Waals surface area contributed by atoms with E-state index >= 15 is 0 Å². The molecule has 2 fully saturated rings. The van der Waals surface area contributed by atoms with Crippen LogP contribution in [0.1, 0.15) is 51.1 Å². The molecule has 234 valence electrons. The molecule has 2 aliphatic heterocycles. The van der Waals surface area contributed by atoms with Gasteiger partial charge in [0.15, 0.2) is 0 Å². The fourth-order valence-corrected chi connectivity index (χ4v) is 5.92. The zero-order valence-corrected chi connectivity index (χ0v) is 24.8. The summed E-state index contributed by atoms with van der Waals surface area (Å²) in [5, 5.41) is 3.57. The molecule has 2 N–H and O–H groups in total. The number of halogens is 3. The van der Waals surface area contributed by atoms with Crippen molar-refractivity contribution in [2.24, 2.45) is 11.8 Å². The molecule has 43 heavy (non-hydrogen) atoms. The second-order valence-electron chi connectivity index (χ2n) is 11.1. The van der Waals surface area contributed by atoms with E-state index in [9.17, 15) is 31.2 Å². The summed E-state index contributed by atoms with van der Waals surface area (Å²) in [6, 6.07) is 9.20. The molecule has 2 atom stereocenters. The minimum absolute atomic E-state index is 0.0174. The van der Waals surface area contributed by atoms with E-state index in [-0.39, 0.29) is 42.0 Å². The Morgan fingerprint density at radius 3 is 2.49 bits per heavy atom. The topological polar surface area (TPSA) is 108 Å². The number of likely N-dealkylation sites (tertiary alicyclic amines) is 2. The van der Waals surface area contributed by atoms with Crippen LogP contribution in [-0.2, 0) is 22.7 Å². The van der Waals surface area contributed by atoms with Gasteiger partial charge in [0.25, 0.3) is 11.8 Å². The number of nitrogens with zero attached hydrogens (tertiary/aromatic N) is 2. The van der Waals surface area contributed by atoms with Gasteiger partial charge in [-0.05, 0) is 74.7 Å². The first-order valence-electron chi connectivity index (χ1n) is 14.2. The van der Waals surface area contributed by atoms with Crippen LogP contribution in [0, 0.1) is 11.8 Å². The lowest BCUT2D eigenvalue weighted by Crippen LogP contribution is -2.35. The van der Waals surface area contributed by atoms with Crippen LogP contribution in [0.4, 0.5) is 13.2 Å². The van der Waals surface area contributed by atoms with Crippen molar-refractivity contribution in [3.8, 4) is 5.75 Å². The summed E-state index contributed by atoms with van der Waals surface area (Å²) < 4.78 is 70.7. The number of benzene rings is 2. The number of piperidine rings is 1. The molecule has 0 bridgehead atoms. The average Bonchev–Trinajstić information content (AvgIpc) is 3.46. The summed E-state index contributed by atoms with van der Waals surface area (Å²) in [6.45, 7) is 6.49. The number of carbonyl (C=O) groups excluding carboxylic acids is 2. The molecule has 0 aromatic heterocycles. The molecule has 13 heteroatoms. The van der Waals surface area contributed by atoms with Crippen molar-refractivity contribution >= 4 is 21.8 Å². The van der Waals surface area contributed by atoms with Gasteiger partial charge < -0.3 is 19.9 Å². The molecule has 2 amide bonds. The van der Waals surface area contributed by atoms with Crippen LogP contribution in [0.5, 0.6) is 5.75 Å². The lowest BCUT2D eigenvalue weighted by Gasteiger charge is -2.29. The van der Waals surface area contributed by atoms with Crippen LogP contribution in [0.3, 0.4) is 0 Å². The van der Waals surface area contributed by atoms with Gasteiger partial charge in [0, 0.05) is 49.6 Å². The summed E-state index contributed by atoms with van der Waals surface area (Å²) >= 11 is 0. The highest BCUT2D eigenvalue weighted by Crippen LogP contribution is 2.29. The van der Waals surface area contributed by atoms with Crippen LogP contribution >= 0.6 is 0 Å².